The van der Waals surface area contributed by atoms with Crippen molar-refractivity contribution < 1.29 is 82.3 Å². The molecule has 18 aliphatic carbocycles. The molecule has 16 fully saturated rings. The number of amides is 2. The zero-order chi connectivity index (χ0) is 96.8. The molecule has 0 spiro atoms. The van der Waals surface area contributed by atoms with Crippen molar-refractivity contribution in [1.82, 2.24) is 37.0 Å². The minimum Gasteiger partial charge on any atom is -1.00 e. The third-order valence-electron chi connectivity index (χ3n) is 37.4. The predicted molar refractivity (Wildman–Crippen MR) is 582 cm³/mol. The third-order valence-corrected chi connectivity index (χ3v) is 38.1. The summed E-state index contributed by atoms with van der Waals surface area (Å²) in [5, 5.41) is 15.7. The molecule has 26 rings (SSSR count). The Hall–Kier alpha value is -10.0. The number of aryl methyl sites for hydroxylation is 2. The number of carbonyl (C=O) groups is 2. The SMILES string of the molecule is COc1cc2c(c(OC)c1OC)-c1ccc(NNC(=S)C(Cc3cccc(C[N@@+](Cc4cccc(CNC56CC7CC(CC(C7)C5)C6)c4)(Cc4cccc(CNC56CCC7C[C@H](C[C@@H](C7)C5)C6)c4)Cc4cccc(CN(C(=S)NNc5ccc6c(cc5=O)[C@@H](NC(C)=O)CCc5cc(OC)c(OC)c(OC)c5-6)C56CCC7C[C@H](C[C@@H](C7)C5)C6)c4)c3)C34CC5CC(CC(C5)C3)C4)c(=O)cc1[C@@H](NC(C)=O)CC2.O.O.O.O.O.[Cl-]. The molecule has 16 saturated carbocycles. The lowest BCUT2D eigenvalue weighted by Crippen LogP contribution is -3.00. The van der Waals surface area contributed by atoms with Gasteiger partial charge < -0.3 is 98.9 Å². The summed E-state index contributed by atoms with van der Waals surface area (Å²) < 4.78 is 36.8. The smallest absolute Gasteiger partial charge is 0.217 e. The highest BCUT2D eigenvalue weighted by Crippen LogP contribution is 2.65. The molecule has 18 N–H and O–H groups in total. The number of methoxy groups -OCH3 is 6. The summed E-state index contributed by atoms with van der Waals surface area (Å²) in [5.74, 6) is 11.5. The average Bonchev–Trinajstić information content (AvgIpc) is 1.65. The number of hydrogen-bond acceptors (Lipinski definition) is 16. The van der Waals surface area contributed by atoms with Gasteiger partial charge in [-0.25, -0.2) is 0 Å². The van der Waals surface area contributed by atoms with Gasteiger partial charge in [0, 0.05) is 89.4 Å². The van der Waals surface area contributed by atoms with Crippen molar-refractivity contribution in [2.24, 2.45) is 82.3 Å². The van der Waals surface area contributed by atoms with Gasteiger partial charge in [-0.05, 0) is 398 Å². The number of anilines is 2. The number of nitrogens with one attached hydrogen (secondary N) is 8. The molecule has 792 valence electrons. The minimum absolute atomic E-state index is 0. The summed E-state index contributed by atoms with van der Waals surface area (Å²) in [4.78, 5) is 59.8. The fraction of sp³-hybridized carbons (Fsp3) is 0.546. The van der Waals surface area contributed by atoms with Gasteiger partial charge in [0.25, 0.3) is 0 Å². The molecule has 0 saturated heterocycles. The number of rotatable bonds is 33. The molecule has 0 aromatic heterocycles. The lowest BCUT2D eigenvalue weighted by Gasteiger charge is -2.59. The zero-order valence-corrected chi connectivity index (χ0v) is 89.4. The number of hydrazine groups is 2. The van der Waals surface area contributed by atoms with Gasteiger partial charge >= 0.3 is 0 Å². The van der Waals surface area contributed by atoms with E-state index in [1.807, 2.05) is 36.4 Å². The van der Waals surface area contributed by atoms with E-state index in [0.29, 0.717) is 134 Å². The normalized spacial score (nSPS) is 28.2. The van der Waals surface area contributed by atoms with Crippen molar-refractivity contribution >= 4 is 57.7 Å². The largest absolute Gasteiger partial charge is 1.00 e. The van der Waals surface area contributed by atoms with Crippen LogP contribution in [0.3, 0.4) is 0 Å². The lowest BCUT2D eigenvalue weighted by atomic mass is 9.46. The Morgan fingerprint density at radius 1 is 0.401 bits per heavy atom. The molecular formula is C119H157ClN10O15S2. The Bertz CT molecular complexity index is 6190. The second-order valence-corrected chi connectivity index (χ2v) is 48.0. The number of quaternary nitrogens is 1. The summed E-state index contributed by atoms with van der Waals surface area (Å²) in [7, 11) is 9.70. The Morgan fingerprint density at radius 3 is 1.18 bits per heavy atom. The first-order valence-electron chi connectivity index (χ1n) is 53.5. The van der Waals surface area contributed by atoms with Crippen LogP contribution in [-0.4, -0.2) is 118 Å². The Morgan fingerprint density at radius 2 is 0.762 bits per heavy atom. The van der Waals surface area contributed by atoms with Crippen molar-refractivity contribution in [2.75, 3.05) is 53.5 Å². The van der Waals surface area contributed by atoms with Gasteiger partial charge in [0.1, 0.15) is 37.6 Å². The minimum atomic E-state index is -0.472. The first-order valence-corrected chi connectivity index (χ1v) is 54.3. The molecule has 8 aromatic rings. The van der Waals surface area contributed by atoms with Crippen LogP contribution >= 0.6 is 24.4 Å². The number of thiocarbonyl (C=S) groups is 2. The second kappa shape index (κ2) is 45.3. The van der Waals surface area contributed by atoms with Crippen LogP contribution in [0.5, 0.6) is 34.5 Å². The second-order valence-electron chi connectivity index (χ2n) is 47.2. The molecule has 28 heteroatoms. The fourth-order valence-electron chi connectivity index (χ4n) is 33.1. The van der Waals surface area contributed by atoms with E-state index in [-0.39, 0.29) is 90.4 Å². The highest BCUT2D eigenvalue weighted by atomic mass is 35.5. The fourth-order valence-corrected chi connectivity index (χ4v) is 33.8. The highest BCUT2D eigenvalue weighted by Gasteiger charge is 2.57. The molecule has 18 aliphatic rings. The van der Waals surface area contributed by atoms with E-state index in [0.717, 1.165) is 165 Å². The Kier molecular flexibility index (Phi) is 33.8. The third kappa shape index (κ3) is 22.4. The van der Waals surface area contributed by atoms with Crippen molar-refractivity contribution in [1.29, 1.82) is 0 Å². The van der Waals surface area contributed by atoms with Gasteiger partial charge in [0.2, 0.25) is 34.2 Å². The zero-order valence-electron chi connectivity index (χ0n) is 87.1. The van der Waals surface area contributed by atoms with E-state index in [9.17, 15) is 9.59 Å². The summed E-state index contributed by atoms with van der Waals surface area (Å²) in [6.07, 6.45) is 36.0. The van der Waals surface area contributed by atoms with E-state index < -0.39 is 12.1 Å². The maximum absolute atomic E-state index is 15.2. The average molecular weight is 2070 g/mol. The summed E-state index contributed by atoms with van der Waals surface area (Å²) >= 11 is 13.8. The molecule has 0 heterocycles. The quantitative estimate of drug-likeness (QED) is 0.0108. The van der Waals surface area contributed by atoms with Crippen LogP contribution in [0.25, 0.3) is 22.3 Å². The standard InChI is InChI=1S/C119H146N10O10S2.ClH.5H2O/c1-71(130)122-100-25-21-93-50-106(134-3)110(136-5)112(138-7)108(93)95-23-27-102(104(132)52-97(95)100)124-126-114(140)99(116-54-83-41-84(55-116)43-85(42-83)56-116)49-73-13-9-17-79(33-73)67-129(69-81-19-11-15-77(39-81)65-121-118-59-88-45-89(60-118)47-90(46-88)61-118,68-80-18-10-14-76(38-80)64-120-117-31-29-74-34-86(57-117)44-87(35-74)58-117)70-82-20-12-16-78(40-82)66-128(119-32-30-75-36-91(62-119)48-92(37-75)63-119)115(141)127-125-103-28-24-96-98(53-105(103)133)101(123-72(2)131)26-22-94-51-107(135-4)111(137-6)113(139-8)109(94)96;;;;;;/h9-20,23-24,27-28,33,38-40,50-53,74-75,83-92,99-101,120-121H,21-22,25-26,29-32,34-37,41-49,54-70H2,1-8H3,(H5-,122,123,124,125,126,127,130,131,132,133,140,141);1H;5*1H2/t74?,75?,83?,84?,85?,86-,87-,88?,89?,90?,91-,92-,99?,100+,101+,116?,117?,118?,119?,129+;;;;;;/m1....../s1. The van der Waals surface area contributed by atoms with Gasteiger partial charge in [-0.1, -0.05) is 103 Å². The van der Waals surface area contributed by atoms with Crippen LogP contribution in [0.4, 0.5) is 11.4 Å². The first-order chi connectivity index (χ1) is 68.4. The van der Waals surface area contributed by atoms with Crippen LogP contribution in [0.2, 0.25) is 0 Å². The molecule has 8 aromatic carbocycles. The molecule has 0 aliphatic heterocycles. The number of halogens is 1. The summed E-state index contributed by atoms with van der Waals surface area (Å²) in [6, 6.07) is 52.7. The number of carbonyl (C=O) groups excluding carboxylic acids is 2. The van der Waals surface area contributed by atoms with Crippen LogP contribution in [0.15, 0.2) is 155 Å². The van der Waals surface area contributed by atoms with Crippen molar-refractivity contribution in [3.8, 4) is 56.8 Å². The van der Waals surface area contributed by atoms with E-state index in [1.54, 1.807) is 54.8 Å². The van der Waals surface area contributed by atoms with Gasteiger partial charge in [0.05, 0.1) is 59.7 Å². The number of hydrogen-bond donors (Lipinski definition) is 8. The van der Waals surface area contributed by atoms with Crippen molar-refractivity contribution in [3.05, 3.63) is 233 Å². The summed E-state index contributed by atoms with van der Waals surface area (Å²) in [5.41, 5.74) is 31.3. The maximum atomic E-state index is 15.2. The molecule has 2 amide bonds. The molecule has 147 heavy (non-hydrogen) atoms. The molecule has 1 unspecified atom stereocenters. The highest BCUT2D eigenvalue weighted by molar-refractivity contribution is 7.80. The molecule has 16 bridgehead atoms. The van der Waals surface area contributed by atoms with Crippen LogP contribution in [0.1, 0.15) is 272 Å². The van der Waals surface area contributed by atoms with Crippen LogP contribution < -0.4 is 94.7 Å². The van der Waals surface area contributed by atoms with Crippen LogP contribution in [0, 0.1) is 82.3 Å². The van der Waals surface area contributed by atoms with Crippen LogP contribution in [-0.2, 0) is 74.7 Å². The Labute approximate surface area is 884 Å². The number of benzene rings is 6. The first kappa shape index (κ1) is 110. The molecule has 25 nitrogen and oxygen atoms in total. The topological polar surface area (TPSA) is 381 Å². The van der Waals surface area contributed by atoms with E-state index in [4.69, 9.17) is 52.9 Å². The Balaban J connectivity index is 0.00000257. The molecular weight excluding hydrogens is 1910 g/mol. The number of fused-ring (bicyclic) bond motifs is 8. The number of nitrogens with zero attached hydrogens (tertiary/aromatic N) is 2. The number of ether oxygens (including phenoxy) is 6. The monoisotopic (exact) mass is 2070 g/mol. The van der Waals surface area contributed by atoms with Gasteiger partial charge in [-0.3, -0.25) is 40.9 Å². The van der Waals surface area contributed by atoms with Gasteiger partial charge in [-0.2, -0.15) is 0 Å². The lowest BCUT2D eigenvalue weighted by molar-refractivity contribution is -0.978. The van der Waals surface area contributed by atoms with Crippen molar-refractivity contribution in [3.63, 3.8) is 0 Å². The van der Waals surface area contributed by atoms with E-state index >= 15 is 9.59 Å². The van der Waals surface area contributed by atoms with Gasteiger partial charge in [-0.15, -0.1) is 0 Å². The summed E-state index contributed by atoms with van der Waals surface area (Å²) in [6.45, 7) is 8.37. The van der Waals surface area contributed by atoms with Crippen molar-refractivity contribution in [2.45, 2.75) is 287 Å². The molecule has 8 atom stereocenters. The van der Waals surface area contributed by atoms with E-state index in [2.05, 4.69) is 145 Å². The van der Waals surface area contributed by atoms with Gasteiger partial charge in [0.15, 0.2) is 28.1 Å². The predicted octanol–water partition coefficient (Wildman–Crippen LogP) is 14.7. The maximum Gasteiger partial charge on any atom is 0.217 e. The van der Waals surface area contributed by atoms with E-state index in [1.165, 1.54) is 180 Å². The molecule has 0 radical (unpaired) electrons.